The van der Waals surface area contributed by atoms with Gasteiger partial charge in [-0.3, -0.25) is 14.2 Å². The van der Waals surface area contributed by atoms with Gasteiger partial charge in [-0.1, -0.05) is 18.2 Å². The molecule has 0 spiro atoms. The van der Waals surface area contributed by atoms with Gasteiger partial charge < -0.3 is 10.0 Å². The highest BCUT2D eigenvalue weighted by atomic mass is 32.1. The number of carbonyl (C=O) groups excluding carboxylic acids is 1. The summed E-state index contributed by atoms with van der Waals surface area (Å²) in [5.41, 5.74) is 1.92. The predicted molar refractivity (Wildman–Crippen MR) is 124 cm³/mol. The van der Waals surface area contributed by atoms with Gasteiger partial charge in [-0.15, -0.1) is 22.7 Å². The summed E-state index contributed by atoms with van der Waals surface area (Å²) < 4.78 is 1.43. The van der Waals surface area contributed by atoms with E-state index in [1.807, 2.05) is 39.9 Å². The van der Waals surface area contributed by atoms with E-state index in [1.165, 1.54) is 27.8 Å². The zero-order chi connectivity index (χ0) is 21.4. The summed E-state index contributed by atoms with van der Waals surface area (Å²) in [6, 6.07) is 11.3. The van der Waals surface area contributed by atoms with E-state index < -0.39 is 0 Å². The van der Waals surface area contributed by atoms with Crippen LogP contribution in [0.4, 0.5) is 0 Å². The molecule has 1 aliphatic heterocycles. The molecule has 31 heavy (non-hydrogen) atoms. The minimum absolute atomic E-state index is 0.00533. The minimum Gasteiger partial charge on any atom is -0.508 e. The third-order valence-electron chi connectivity index (χ3n) is 5.87. The lowest BCUT2D eigenvalue weighted by Crippen LogP contribution is -2.41. The van der Waals surface area contributed by atoms with E-state index in [1.54, 1.807) is 23.5 Å². The maximum atomic E-state index is 13.1. The molecular weight excluding hydrogens is 430 g/mol. The van der Waals surface area contributed by atoms with Crippen LogP contribution < -0.4 is 5.56 Å². The molecule has 1 N–H and O–H groups in total. The molecule has 6 nitrogen and oxygen atoms in total. The number of likely N-dealkylation sites (tertiary alicyclic amines) is 1. The lowest BCUT2D eigenvalue weighted by molar-refractivity contribution is -0.132. The molecule has 0 aliphatic carbocycles. The molecule has 3 aromatic heterocycles. The number of aromatic hydroxyl groups is 1. The summed E-state index contributed by atoms with van der Waals surface area (Å²) in [4.78, 5) is 34.0. The number of piperidine rings is 1. The first-order valence-electron chi connectivity index (χ1n) is 10.2. The lowest BCUT2D eigenvalue weighted by atomic mass is 9.89. The highest BCUT2D eigenvalue weighted by molar-refractivity contribution is 7.18. The van der Waals surface area contributed by atoms with E-state index in [9.17, 15) is 14.7 Å². The molecule has 0 saturated carbocycles. The first-order chi connectivity index (χ1) is 15.1. The molecule has 1 aliphatic rings. The van der Waals surface area contributed by atoms with E-state index in [-0.39, 0.29) is 23.8 Å². The summed E-state index contributed by atoms with van der Waals surface area (Å²) >= 11 is 3.04. The summed E-state index contributed by atoms with van der Waals surface area (Å²) in [6.45, 7) is 1.33. The van der Waals surface area contributed by atoms with Crippen LogP contribution in [-0.4, -0.2) is 38.6 Å². The first kappa shape index (κ1) is 20.0. The van der Waals surface area contributed by atoms with Gasteiger partial charge in [0.25, 0.3) is 5.56 Å². The summed E-state index contributed by atoms with van der Waals surface area (Å²) in [7, 11) is 0. The van der Waals surface area contributed by atoms with E-state index in [0.717, 1.165) is 23.3 Å². The van der Waals surface area contributed by atoms with Crippen LogP contribution in [0.2, 0.25) is 0 Å². The van der Waals surface area contributed by atoms with Crippen molar-refractivity contribution >= 4 is 38.8 Å². The normalized spacial score (nSPS) is 14.9. The number of aromatic nitrogens is 2. The number of phenolic OH excluding ortho intramolecular Hbond substituents is 1. The average molecular weight is 452 g/mol. The van der Waals surface area contributed by atoms with Crippen molar-refractivity contribution in [3.63, 3.8) is 0 Å². The Balaban J connectivity index is 1.31. The number of amides is 1. The molecule has 5 rings (SSSR count). The first-order valence-corrected chi connectivity index (χ1v) is 11.9. The number of carbonyl (C=O) groups is 1. The fourth-order valence-electron chi connectivity index (χ4n) is 4.15. The molecule has 8 heteroatoms. The summed E-state index contributed by atoms with van der Waals surface area (Å²) in [5.74, 6) is 0.588. The van der Waals surface area contributed by atoms with Crippen LogP contribution >= 0.6 is 22.7 Å². The molecule has 0 bridgehead atoms. The summed E-state index contributed by atoms with van der Waals surface area (Å²) in [5, 5.41) is 14.0. The van der Waals surface area contributed by atoms with Gasteiger partial charge in [-0.25, -0.2) is 4.98 Å². The maximum absolute atomic E-state index is 13.1. The van der Waals surface area contributed by atoms with Crippen molar-refractivity contribution in [2.75, 3.05) is 13.1 Å². The van der Waals surface area contributed by atoms with Crippen LogP contribution in [0, 0.1) is 0 Å². The fraction of sp³-hybridized carbons (Fsp3) is 0.261. The standard InChI is InChI=1S/C23H21N3O3S2/c27-17-5-3-15(4-6-17)16-7-9-25(10-8-16)20(28)12-26-14-24-22-21(23(26)29)18(13-31-22)19-2-1-11-30-19/h1-6,11,13-14,16,27H,7-10,12H2. The third-order valence-corrected chi connectivity index (χ3v) is 7.65. The molecule has 158 valence electrons. The summed E-state index contributed by atoms with van der Waals surface area (Å²) in [6.07, 6.45) is 3.23. The van der Waals surface area contributed by atoms with Crippen molar-refractivity contribution in [1.82, 2.24) is 14.5 Å². The largest absolute Gasteiger partial charge is 0.508 e. The highest BCUT2D eigenvalue weighted by Crippen LogP contribution is 2.33. The van der Waals surface area contributed by atoms with Crippen molar-refractivity contribution < 1.29 is 9.90 Å². The van der Waals surface area contributed by atoms with Crippen molar-refractivity contribution in [3.8, 4) is 16.2 Å². The van der Waals surface area contributed by atoms with Crippen LogP contribution in [-0.2, 0) is 11.3 Å². The number of hydrogen-bond acceptors (Lipinski definition) is 6. The Hall–Kier alpha value is -2.97. The Morgan fingerprint density at radius 3 is 2.61 bits per heavy atom. The molecule has 1 saturated heterocycles. The van der Waals surface area contributed by atoms with Crippen molar-refractivity contribution in [2.45, 2.75) is 25.3 Å². The molecule has 1 fully saturated rings. The minimum atomic E-state index is -0.165. The molecule has 1 aromatic carbocycles. The van der Waals surface area contributed by atoms with Crippen LogP contribution in [0.25, 0.3) is 20.7 Å². The van der Waals surface area contributed by atoms with Gasteiger partial charge in [-0.2, -0.15) is 0 Å². The Labute approximate surface area is 187 Å². The third kappa shape index (κ3) is 3.88. The number of thiophene rings is 2. The average Bonchev–Trinajstić information content (AvgIpc) is 3.46. The monoisotopic (exact) mass is 451 g/mol. The highest BCUT2D eigenvalue weighted by Gasteiger charge is 2.24. The number of nitrogens with zero attached hydrogens (tertiary/aromatic N) is 3. The number of rotatable bonds is 4. The zero-order valence-corrected chi connectivity index (χ0v) is 18.4. The second-order valence-electron chi connectivity index (χ2n) is 7.73. The maximum Gasteiger partial charge on any atom is 0.263 e. The lowest BCUT2D eigenvalue weighted by Gasteiger charge is -2.32. The molecule has 4 aromatic rings. The SMILES string of the molecule is O=C(Cn1cnc2scc(-c3cccs3)c2c1=O)N1CCC(c2ccc(O)cc2)CC1. The van der Waals surface area contributed by atoms with Gasteiger partial charge in [0, 0.05) is 28.9 Å². The zero-order valence-electron chi connectivity index (χ0n) is 16.7. The van der Waals surface area contributed by atoms with Crippen molar-refractivity contribution in [1.29, 1.82) is 0 Å². The van der Waals surface area contributed by atoms with Gasteiger partial charge in [0.15, 0.2) is 0 Å². The van der Waals surface area contributed by atoms with Crippen molar-refractivity contribution in [3.05, 3.63) is 69.4 Å². The Kier molecular flexibility index (Phi) is 5.33. The van der Waals surface area contributed by atoms with Crippen LogP contribution in [0.1, 0.15) is 24.3 Å². The molecule has 0 radical (unpaired) electrons. The van der Waals surface area contributed by atoms with Gasteiger partial charge in [-0.05, 0) is 47.9 Å². The van der Waals surface area contributed by atoms with Crippen LogP contribution in [0.5, 0.6) is 5.75 Å². The smallest absolute Gasteiger partial charge is 0.263 e. The van der Waals surface area contributed by atoms with Gasteiger partial charge >= 0.3 is 0 Å². The predicted octanol–water partition coefficient (Wildman–Crippen LogP) is 4.30. The van der Waals surface area contributed by atoms with Crippen LogP contribution in [0.15, 0.2) is 58.3 Å². The van der Waals surface area contributed by atoms with Crippen LogP contribution in [0.3, 0.4) is 0 Å². The van der Waals surface area contributed by atoms with Gasteiger partial charge in [0.1, 0.15) is 17.1 Å². The number of phenols is 1. The Morgan fingerprint density at radius 2 is 1.90 bits per heavy atom. The van der Waals surface area contributed by atoms with E-state index in [0.29, 0.717) is 29.2 Å². The second-order valence-corrected chi connectivity index (χ2v) is 9.54. The molecule has 1 amide bonds. The van der Waals surface area contributed by atoms with Gasteiger partial charge in [0.05, 0.1) is 11.7 Å². The number of benzene rings is 1. The second kappa shape index (κ2) is 8.28. The topological polar surface area (TPSA) is 75.4 Å². The Morgan fingerprint density at radius 1 is 1.13 bits per heavy atom. The molecular formula is C23H21N3O3S2. The number of fused-ring (bicyclic) bond motifs is 1. The van der Waals surface area contributed by atoms with Crippen molar-refractivity contribution in [2.24, 2.45) is 0 Å². The van der Waals surface area contributed by atoms with Gasteiger partial charge in [0.2, 0.25) is 5.91 Å². The van der Waals surface area contributed by atoms with E-state index in [2.05, 4.69) is 4.98 Å². The molecule has 0 atom stereocenters. The van der Waals surface area contributed by atoms with E-state index >= 15 is 0 Å². The number of hydrogen-bond donors (Lipinski definition) is 1. The van der Waals surface area contributed by atoms with E-state index in [4.69, 9.17) is 0 Å². The molecule has 4 heterocycles. The fourth-order valence-corrected chi connectivity index (χ4v) is 5.87. The quantitative estimate of drug-likeness (QED) is 0.502. The molecule has 0 unspecified atom stereocenters. The Bertz CT molecular complexity index is 1270.